The average Bonchev–Trinajstić information content (AvgIpc) is 3.24. The molecular formula is C18H18N6OS. The van der Waals surface area contributed by atoms with E-state index in [-0.39, 0.29) is 5.56 Å². The standard InChI is InChI=1S/C18H18N6OS/c1-24-9-12-8-11(2-3-13(12)23-24)18-22-16-14(26-18)17(25)21-15(20-16)10-4-6-19-7-5-10/h2-3,8-10,19H,4-7H2,1H3,(H,20,21,25). The molecule has 0 unspecified atom stereocenters. The second-order valence-electron chi connectivity index (χ2n) is 6.72. The van der Waals surface area contributed by atoms with Crippen molar-refractivity contribution < 1.29 is 0 Å². The summed E-state index contributed by atoms with van der Waals surface area (Å²) in [5.74, 6) is 1.06. The number of hydrogen-bond donors (Lipinski definition) is 2. The largest absolute Gasteiger partial charge is 0.317 e. The molecule has 0 atom stereocenters. The summed E-state index contributed by atoms with van der Waals surface area (Å²) in [6.07, 6.45) is 3.96. The number of aryl methyl sites for hydroxylation is 1. The third-order valence-corrected chi connectivity index (χ3v) is 5.97. The van der Waals surface area contributed by atoms with Crippen LogP contribution in [0.5, 0.6) is 0 Å². The molecule has 1 fully saturated rings. The van der Waals surface area contributed by atoms with Crippen molar-refractivity contribution in [1.82, 2.24) is 30.0 Å². The Morgan fingerprint density at radius 2 is 2.08 bits per heavy atom. The minimum Gasteiger partial charge on any atom is -0.317 e. The van der Waals surface area contributed by atoms with Gasteiger partial charge < -0.3 is 10.3 Å². The van der Waals surface area contributed by atoms with Crippen molar-refractivity contribution in [2.45, 2.75) is 18.8 Å². The number of benzene rings is 1. The number of aromatic amines is 1. The highest BCUT2D eigenvalue weighted by Crippen LogP contribution is 2.30. The van der Waals surface area contributed by atoms with E-state index >= 15 is 0 Å². The molecule has 1 aromatic carbocycles. The molecule has 26 heavy (non-hydrogen) atoms. The fourth-order valence-electron chi connectivity index (χ4n) is 3.55. The summed E-state index contributed by atoms with van der Waals surface area (Å²) < 4.78 is 2.38. The number of aromatic nitrogens is 5. The molecular weight excluding hydrogens is 348 g/mol. The summed E-state index contributed by atoms with van der Waals surface area (Å²) >= 11 is 1.39. The van der Waals surface area contributed by atoms with Crippen molar-refractivity contribution in [2.75, 3.05) is 13.1 Å². The molecule has 0 spiro atoms. The minimum atomic E-state index is -0.0882. The predicted octanol–water partition coefficient (Wildman–Crippen LogP) is 2.40. The van der Waals surface area contributed by atoms with Crippen molar-refractivity contribution in [2.24, 2.45) is 7.05 Å². The van der Waals surface area contributed by atoms with Crippen LogP contribution in [-0.2, 0) is 7.05 Å². The Morgan fingerprint density at radius 3 is 2.92 bits per heavy atom. The first-order valence-electron chi connectivity index (χ1n) is 8.72. The van der Waals surface area contributed by atoms with E-state index in [0.29, 0.717) is 16.3 Å². The van der Waals surface area contributed by atoms with Gasteiger partial charge in [0.05, 0.1) is 5.52 Å². The number of thiazole rings is 1. The molecule has 0 radical (unpaired) electrons. The van der Waals surface area contributed by atoms with Gasteiger partial charge >= 0.3 is 0 Å². The average molecular weight is 366 g/mol. The zero-order valence-corrected chi connectivity index (χ0v) is 15.1. The van der Waals surface area contributed by atoms with Gasteiger partial charge in [-0.2, -0.15) is 5.10 Å². The van der Waals surface area contributed by atoms with Gasteiger partial charge in [0.1, 0.15) is 15.5 Å². The van der Waals surface area contributed by atoms with Crippen molar-refractivity contribution in [3.8, 4) is 10.6 Å². The molecule has 0 bridgehead atoms. The molecule has 8 heteroatoms. The predicted molar refractivity (Wildman–Crippen MR) is 103 cm³/mol. The third-order valence-electron chi connectivity index (χ3n) is 4.88. The Bertz CT molecular complexity index is 1170. The van der Waals surface area contributed by atoms with E-state index in [9.17, 15) is 4.79 Å². The number of fused-ring (bicyclic) bond motifs is 2. The molecule has 5 rings (SSSR count). The summed E-state index contributed by atoms with van der Waals surface area (Å²) in [4.78, 5) is 24.9. The van der Waals surface area contributed by atoms with Crippen molar-refractivity contribution >= 4 is 32.6 Å². The second kappa shape index (κ2) is 6.00. The highest BCUT2D eigenvalue weighted by atomic mass is 32.1. The molecule has 7 nitrogen and oxygen atoms in total. The lowest BCUT2D eigenvalue weighted by atomic mass is 9.97. The molecule has 1 aliphatic rings. The zero-order chi connectivity index (χ0) is 17.7. The van der Waals surface area contributed by atoms with Gasteiger partial charge in [-0.05, 0) is 44.1 Å². The van der Waals surface area contributed by atoms with E-state index < -0.39 is 0 Å². The van der Waals surface area contributed by atoms with E-state index in [2.05, 4.69) is 31.4 Å². The maximum Gasteiger partial charge on any atom is 0.270 e. The van der Waals surface area contributed by atoms with Gasteiger partial charge in [0.2, 0.25) is 0 Å². The molecule has 4 heterocycles. The number of rotatable bonds is 2. The molecule has 1 aliphatic heterocycles. The van der Waals surface area contributed by atoms with Gasteiger partial charge in [0.15, 0.2) is 5.65 Å². The molecule has 0 amide bonds. The third kappa shape index (κ3) is 2.62. The number of nitrogens with one attached hydrogen (secondary N) is 2. The fraction of sp³-hybridized carbons (Fsp3) is 0.333. The summed E-state index contributed by atoms with van der Waals surface area (Å²) in [5, 5.41) is 9.60. The molecule has 4 aromatic rings. The number of hydrogen-bond acceptors (Lipinski definition) is 6. The Hall–Kier alpha value is -2.58. The summed E-state index contributed by atoms with van der Waals surface area (Å²) in [6.45, 7) is 1.92. The van der Waals surface area contributed by atoms with E-state index in [1.54, 1.807) is 4.68 Å². The van der Waals surface area contributed by atoms with Crippen LogP contribution in [0.3, 0.4) is 0 Å². The van der Waals surface area contributed by atoms with Gasteiger partial charge in [-0.15, -0.1) is 11.3 Å². The van der Waals surface area contributed by atoms with Crippen LogP contribution in [0, 0.1) is 0 Å². The molecule has 1 saturated heterocycles. The van der Waals surface area contributed by atoms with Gasteiger partial charge in [-0.25, -0.2) is 9.97 Å². The Kier molecular flexibility index (Phi) is 3.61. The van der Waals surface area contributed by atoms with Gasteiger partial charge in [-0.3, -0.25) is 9.48 Å². The van der Waals surface area contributed by atoms with Crippen LogP contribution in [0.1, 0.15) is 24.6 Å². The zero-order valence-electron chi connectivity index (χ0n) is 14.3. The highest BCUT2D eigenvalue weighted by molar-refractivity contribution is 7.21. The summed E-state index contributed by atoms with van der Waals surface area (Å²) in [6, 6.07) is 6.03. The van der Waals surface area contributed by atoms with E-state index in [4.69, 9.17) is 0 Å². The van der Waals surface area contributed by atoms with Crippen LogP contribution in [0.2, 0.25) is 0 Å². The molecule has 132 valence electrons. The van der Waals surface area contributed by atoms with Crippen LogP contribution >= 0.6 is 11.3 Å². The van der Waals surface area contributed by atoms with Crippen molar-refractivity contribution in [3.05, 3.63) is 40.6 Å². The number of H-pyrrole nitrogens is 1. The maximum absolute atomic E-state index is 12.5. The molecule has 2 N–H and O–H groups in total. The fourth-order valence-corrected chi connectivity index (χ4v) is 4.44. The minimum absolute atomic E-state index is 0.0882. The van der Waals surface area contributed by atoms with Gasteiger partial charge in [-0.1, -0.05) is 0 Å². The van der Waals surface area contributed by atoms with Crippen LogP contribution in [0.15, 0.2) is 29.2 Å². The van der Waals surface area contributed by atoms with Crippen LogP contribution < -0.4 is 10.9 Å². The molecule has 0 aliphatic carbocycles. The quantitative estimate of drug-likeness (QED) is 0.569. The van der Waals surface area contributed by atoms with Gasteiger partial charge in [0, 0.05) is 30.1 Å². The Labute approximate surface area is 153 Å². The van der Waals surface area contributed by atoms with Gasteiger partial charge in [0.25, 0.3) is 5.56 Å². The first-order chi connectivity index (χ1) is 12.7. The Morgan fingerprint density at radius 1 is 1.23 bits per heavy atom. The summed E-state index contributed by atoms with van der Waals surface area (Å²) in [5.41, 5.74) is 2.39. The number of piperidine rings is 1. The first-order valence-corrected chi connectivity index (χ1v) is 9.54. The van der Waals surface area contributed by atoms with E-state index in [0.717, 1.165) is 53.2 Å². The summed E-state index contributed by atoms with van der Waals surface area (Å²) in [7, 11) is 1.91. The SMILES string of the molecule is Cn1cc2cc(-c3nc4nc(C5CCNCC5)[nH]c(=O)c4s3)ccc2n1. The van der Waals surface area contributed by atoms with E-state index in [1.807, 2.05) is 25.4 Å². The van der Waals surface area contributed by atoms with Crippen LogP contribution in [-0.4, -0.2) is 37.8 Å². The van der Waals surface area contributed by atoms with Crippen molar-refractivity contribution in [3.63, 3.8) is 0 Å². The normalized spacial score (nSPS) is 15.9. The molecule has 3 aromatic heterocycles. The first kappa shape index (κ1) is 15.7. The van der Waals surface area contributed by atoms with Crippen LogP contribution in [0.25, 0.3) is 31.8 Å². The van der Waals surface area contributed by atoms with Crippen molar-refractivity contribution in [1.29, 1.82) is 0 Å². The highest BCUT2D eigenvalue weighted by Gasteiger charge is 2.20. The molecule has 0 saturated carbocycles. The lowest BCUT2D eigenvalue weighted by Gasteiger charge is -2.21. The Balaban J connectivity index is 1.59. The lowest BCUT2D eigenvalue weighted by molar-refractivity contribution is 0.445. The topological polar surface area (TPSA) is 88.5 Å². The van der Waals surface area contributed by atoms with E-state index in [1.165, 1.54) is 11.3 Å². The number of nitrogens with zero attached hydrogens (tertiary/aromatic N) is 4. The second-order valence-corrected chi connectivity index (χ2v) is 7.72. The monoisotopic (exact) mass is 366 g/mol. The lowest BCUT2D eigenvalue weighted by Crippen LogP contribution is -2.28. The smallest absolute Gasteiger partial charge is 0.270 e. The van der Waals surface area contributed by atoms with Crippen LogP contribution in [0.4, 0.5) is 0 Å². The maximum atomic E-state index is 12.5.